The third kappa shape index (κ3) is 14.1. The van der Waals surface area contributed by atoms with Gasteiger partial charge in [-0.1, -0.05) is 36.5 Å². The second kappa shape index (κ2) is 14.1. The van der Waals surface area contributed by atoms with Crippen molar-refractivity contribution in [1.82, 2.24) is 0 Å². The Morgan fingerprint density at radius 2 is 1.76 bits per heavy atom. The molecule has 0 bridgehead atoms. The first kappa shape index (κ1) is 15.1. The molecule has 0 aromatic rings. The Hall–Kier alpha value is -1.88. The van der Waals surface area contributed by atoms with Gasteiger partial charge < -0.3 is 5.11 Å². The highest BCUT2D eigenvalue weighted by Crippen LogP contribution is 1.99. The van der Waals surface area contributed by atoms with Crippen LogP contribution in [0.5, 0.6) is 0 Å². The fourth-order valence-corrected chi connectivity index (χ4v) is 1.03. The zero-order valence-electron chi connectivity index (χ0n) is 10.3. The standard InChI is InChI=1S/C16H18O/c1-2-3-4-5-6-7-8-9-10-11-12-13-14-15-16-17/h8-11,17H,12-16H2,1H3. The van der Waals surface area contributed by atoms with E-state index in [-0.39, 0.29) is 0 Å². The molecule has 0 aliphatic rings. The molecule has 88 valence electrons. The number of unbranched alkanes of at least 4 members (excludes halogenated alkanes) is 3. The first-order valence-electron chi connectivity index (χ1n) is 5.76. The fourth-order valence-electron chi connectivity index (χ4n) is 1.03. The number of aliphatic hydroxyl groups excluding tert-OH is 1. The van der Waals surface area contributed by atoms with E-state index in [0.29, 0.717) is 6.61 Å². The minimum Gasteiger partial charge on any atom is -0.396 e. The smallest absolute Gasteiger partial charge is 0.0431 e. The van der Waals surface area contributed by atoms with Crippen molar-refractivity contribution >= 4 is 0 Å². The summed E-state index contributed by atoms with van der Waals surface area (Å²) in [5.74, 6) is 16.0. The molecule has 0 rings (SSSR count). The van der Waals surface area contributed by atoms with Crippen LogP contribution in [0.25, 0.3) is 0 Å². The largest absolute Gasteiger partial charge is 0.396 e. The molecular weight excluding hydrogens is 208 g/mol. The van der Waals surface area contributed by atoms with E-state index in [1.165, 1.54) is 0 Å². The van der Waals surface area contributed by atoms with Gasteiger partial charge in [0, 0.05) is 6.61 Å². The maximum atomic E-state index is 8.58. The molecule has 17 heavy (non-hydrogen) atoms. The van der Waals surface area contributed by atoms with Crippen LogP contribution < -0.4 is 0 Å². The Morgan fingerprint density at radius 3 is 2.53 bits per heavy atom. The van der Waals surface area contributed by atoms with Crippen molar-refractivity contribution in [2.24, 2.45) is 0 Å². The summed E-state index contributed by atoms with van der Waals surface area (Å²) in [6.45, 7) is 2.04. The van der Waals surface area contributed by atoms with Gasteiger partial charge in [0.15, 0.2) is 0 Å². The van der Waals surface area contributed by atoms with Crippen LogP contribution in [0.3, 0.4) is 0 Å². The summed E-state index contributed by atoms with van der Waals surface area (Å²) < 4.78 is 0. The van der Waals surface area contributed by atoms with Crippen molar-refractivity contribution in [3.8, 4) is 35.5 Å². The minimum absolute atomic E-state index is 0.294. The highest BCUT2D eigenvalue weighted by atomic mass is 16.2. The van der Waals surface area contributed by atoms with Crippen LogP contribution in [0.2, 0.25) is 0 Å². The van der Waals surface area contributed by atoms with Gasteiger partial charge in [-0.2, -0.15) is 0 Å². The number of aliphatic hydroxyl groups is 1. The maximum absolute atomic E-state index is 8.58. The average molecular weight is 226 g/mol. The first-order valence-corrected chi connectivity index (χ1v) is 5.76. The van der Waals surface area contributed by atoms with Gasteiger partial charge in [0.05, 0.1) is 0 Å². The molecule has 0 saturated carbocycles. The molecular formula is C16H18O. The van der Waals surface area contributed by atoms with Gasteiger partial charge in [-0.15, -0.1) is 0 Å². The summed E-state index contributed by atoms with van der Waals surface area (Å²) in [5, 5.41) is 8.58. The summed E-state index contributed by atoms with van der Waals surface area (Å²) in [7, 11) is 0. The van der Waals surface area contributed by atoms with Crippen LogP contribution in [-0.2, 0) is 0 Å². The monoisotopic (exact) mass is 226 g/mol. The molecule has 0 atom stereocenters. The normalized spacial score (nSPS) is 9.06. The molecule has 0 aromatic heterocycles. The second-order valence-electron chi connectivity index (χ2n) is 3.25. The predicted octanol–water partition coefficient (Wildman–Crippen LogP) is 2.68. The highest BCUT2D eigenvalue weighted by molar-refractivity contribution is 5.37. The lowest BCUT2D eigenvalue weighted by Crippen LogP contribution is -1.81. The summed E-state index contributed by atoms with van der Waals surface area (Å²) in [6, 6.07) is 0. The summed E-state index contributed by atoms with van der Waals surface area (Å²) in [6.07, 6.45) is 11.9. The Bertz CT molecular complexity index is 408. The van der Waals surface area contributed by atoms with E-state index in [9.17, 15) is 0 Å². The molecule has 0 fully saturated rings. The lowest BCUT2D eigenvalue weighted by Gasteiger charge is -1.92. The molecule has 0 aliphatic carbocycles. The number of rotatable bonds is 6. The molecule has 0 radical (unpaired) electrons. The molecule has 0 aliphatic heterocycles. The van der Waals surface area contributed by atoms with Crippen molar-refractivity contribution < 1.29 is 5.11 Å². The molecule has 0 amide bonds. The molecule has 0 unspecified atom stereocenters. The van der Waals surface area contributed by atoms with Crippen LogP contribution in [0, 0.1) is 35.5 Å². The third-order valence-electron chi connectivity index (χ3n) is 1.84. The van der Waals surface area contributed by atoms with Gasteiger partial charge in [0.25, 0.3) is 0 Å². The number of allylic oxidation sites excluding steroid dienone is 4. The van der Waals surface area contributed by atoms with Gasteiger partial charge >= 0.3 is 0 Å². The van der Waals surface area contributed by atoms with Crippen molar-refractivity contribution in [1.29, 1.82) is 0 Å². The van der Waals surface area contributed by atoms with E-state index in [0.717, 1.165) is 25.7 Å². The summed E-state index contributed by atoms with van der Waals surface area (Å²) in [4.78, 5) is 0. The van der Waals surface area contributed by atoms with Crippen molar-refractivity contribution in [2.75, 3.05) is 6.61 Å². The second-order valence-corrected chi connectivity index (χ2v) is 3.25. The van der Waals surface area contributed by atoms with Crippen molar-refractivity contribution in [2.45, 2.75) is 32.6 Å². The molecule has 1 heteroatoms. The van der Waals surface area contributed by atoms with Gasteiger partial charge in [-0.3, -0.25) is 0 Å². The van der Waals surface area contributed by atoms with E-state index in [4.69, 9.17) is 5.11 Å². The van der Waals surface area contributed by atoms with E-state index in [2.05, 4.69) is 41.6 Å². The molecule has 1 nitrogen and oxygen atoms in total. The van der Waals surface area contributed by atoms with Crippen LogP contribution in [-0.4, -0.2) is 11.7 Å². The Balaban J connectivity index is 3.62. The van der Waals surface area contributed by atoms with E-state index in [1.54, 1.807) is 13.0 Å². The maximum Gasteiger partial charge on any atom is 0.0431 e. The summed E-state index contributed by atoms with van der Waals surface area (Å²) in [5.41, 5.74) is 0. The average Bonchev–Trinajstić information content (AvgIpc) is 2.35. The van der Waals surface area contributed by atoms with Gasteiger partial charge in [-0.25, -0.2) is 0 Å². The zero-order valence-corrected chi connectivity index (χ0v) is 10.3. The van der Waals surface area contributed by atoms with Crippen LogP contribution in [0.15, 0.2) is 24.3 Å². The fraction of sp³-hybridized carbons (Fsp3) is 0.375. The van der Waals surface area contributed by atoms with E-state index >= 15 is 0 Å². The lowest BCUT2D eigenvalue weighted by molar-refractivity contribution is 0.283. The van der Waals surface area contributed by atoms with E-state index < -0.39 is 0 Å². The number of hydrogen-bond donors (Lipinski definition) is 1. The molecule has 0 heterocycles. The van der Waals surface area contributed by atoms with Gasteiger partial charge in [0.2, 0.25) is 0 Å². The predicted molar refractivity (Wildman–Crippen MR) is 72.8 cm³/mol. The number of hydrogen-bond acceptors (Lipinski definition) is 1. The molecule has 1 N–H and O–H groups in total. The molecule has 0 saturated heterocycles. The third-order valence-corrected chi connectivity index (χ3v) is 1.84. The lowest BCUT2D eigenvalue weighted by atomic mass is 10.2. The van der Waals surface area contributed by atoms with Crippen LogP contribution in [0.1, 0.15) is 32.6 Å². The summed E-state index contributed by atoms with van der Waals surface area (Å²) >= 11 is 0. The molecule has 0 aromatic carbocycles. The zero-order chi connectivity index (χ0) is 12.6. The Kier molecular flexibility index (Phi) is 12.6. The quantitative estimate of drug-likeness (QED) is 0.419. The first-order chi connectivity index (χ1) is 8.41. The minimum atomic E-state index is 0.294. The molecule has 0 spiro atoms. The highest BCUT2D eigenvalue weighted by Gasteiger charge is 1.83. The van der Waals surface area contributed by atoms with Crippen molar-refractivity contribution in [3.63, 3.8) is 0 Å². The van der Waals surface area contributed by atoms with E-state index in [1.807, 2.05) is 12.2 Å². The van der Waals surface area contributed by atoms with Crippen LogP contribution >= 0.6 is 0 Å². The van der Waals surface area contributed by atoms with Crippen LogP contribution in [0.4, 0.5) is 0 Å². The van der Waals surface area contributed by atoms with Crippen molar-refractivity contribution in [3.05, 3.63) is 24.3 Å². The van der Waals surface area contributed by atoms with Gasteiger partial charge in [0.1, 0.15) is 0 Å². The SMILES string of the molecule is CC#CC#CC#CC=CC=CCCCCCO. The van der Waals surface area contributed by atoms with Gasteiger partial charge in [-0.05, 0) is 55.9 Å². The topological polar surface area (TPSA) is 20.2 Å². The Morgan fingerprint density at radius 1 is 0.941 bits per heavy atom. The Labute approximate surface area is 105 Å².